The summed E-state index contributed by atoms with van der Waals surface area (Å²) >= 11 is 6.18. The van der Waals surface area contributed by atoms with E-state index in [0.29, 0.717) is 17.3 Å². The molecule has 0 aliphatic carbocycles. The Morgan fingerprint density at radius 3 is 2.67 bits per heavy atom. The molecule has 4 aromatic rings. The number of carbonyl (C=O) groups is 1. The van der Waals surface area contributed by atoms with Gasteiger partial charge in [-0.15, -0.1) is 0 Å². The molecule has 1 aromatic carbocycles. The zero-order valence-corrected chi connectivity index (χ0v) is 17.0. The van der Waals surface area contributed by atoms with Crippen molar-refractivity contribution in [1.29, 1.82) is 5.26 Å². The maximum Gasteiger partial charge on any atom is 0.292 e. The van der Waals surface area contributed by atoms with Crippen LogP contribution in [-0.2, 0) is 6.54 Å². The van der Waals surface area contributed by atoms with Gasteiger partial charge in [0, 0.05) is 0 Å². The number of nitriles is 1. The molecule has 0 aliphatic rings. The highest BCUT2D eigenvalue weighted by molar-refractivity contribution is 6.31. The third-order valence-corrected chi connectivity index (χ3v) is 5.15. The number of hydrogen-bond donors (Lipinski definition) is 1. The second-order valence-corrected chi connectivity index (χ2v) is 7.01. The normalized spacial score (nSPS) is 10.7. The SMILES string of the molecule is Cc1nn(Cc2ccc(C(=O)Nc3c(C#N)cnn3-c3ccccc3)o2)c(C)c1Cl. The van der Waals surface area contributed by atoms with Gasteiger partial charge >= 0.3 is 0 Å². The van der Waals surface area contributed by atoms with Gasteiger partial charge in [-0.05, 0) is 38.1 Å². The molecule has 0 spiro atoms. The van der Waals surface area contributed by atoms with Crippen molar-refractivity contribution in [2.45, 2.75) is 20.4 Å². The van der Waals surface area contributed by atoms with Crippen LogP contribution in [0.25, 0.3) is 5.69 Å². The van der Waals surface area contributed by atoms with Crippen molar-refractivity contribution in [1.82, 2.24) is 19.6 Å². The number of hydrogen-bond acceptors (Lipinski definition) is 5. The number of aromatic nitrogens is 4. The molecular formula is C21H17ClN6O2. The Hall–Kier alpha value is -3.83. The van der Waals surface area contributed by atoms with Crippen molar-refractivity contribution in [2.75, 3.05) is 5.32 Å². The highest BCUT2D eigenvalue weighted by atomic mass is 35.5. The smallest absolute Gasteiger partial charge is 0.292 e. The molecule has 3 heterocycles. The molecule has 0 bridgehead atoms. The van der Waals surface area contributed by atoms with Gasteiger partial charge in [-0.2, -0.15) is 15.5 Å². The standard InChI is InChI=1S/C21H17ClN6O2/c1-13-19(22)14(2)27(26-13)12-17-8-9-18(30-17)21(29)25-20-15(10-23)11-24-28(20)16-6-4-3-5-7-16/h3-9,11H,12H2,1-2H3,(H,25,29). The number of para-hydroxylation sites is 1. The summed E-state index contributed by atoms with van der Waals surface area (Å²) in [6.07, 6.45) is 1.41. The van der Waals surface area contributed by atoms with Crippen LogP contribution in [0.2, 0.25) is 5.02 Å². The molecule has 1 N–H and O–H groups in total. The van der Waals surface area contributed by atoms with Gasteiger partial charge in [0.25, 0.3) is 5.91 Å². The summed E-state index contributed by atoms with van der Waals surface area (Å²) in [5, 5.41) is 21.3. The van der Waals surface area contributed by atoms with Gasteiger partial charge < -0.3 is 9.73 Å². The van der Waals surface area contributed by atoms with Crippen LogP contribution in [0.3, 0.4) is 0 Å². The minimum Gasteiger partial charge on any atom is -0.454 e. The number of halogens is 1. The highest BCUT2D eigenvalue weighted by Gasteiger charge is 2.19. The number of anilines is 1. The average molecular weight is 421 g/mol. The van der Waals surface area contributed by atoms with E-state index in [2.05, 4.69) is 15.5 Å². The molecule has 0 saturated carbocycles. The van der Waals surface area contributed by atoms with Crippen LogP contribution < -0.4 is 5.32 Å². The van der Waals surface area contributed by atoms with E-state index in [1.165, 1.54) is 10.9 Å². The zero-order valence-electron chi connectivity index (χ0n) is 16.3. The van der Waals surface area contributed by atoms with Crippen molar-refractivity contribution in [2.24, 2.45) is 0 Å². The largest absolute Gasteiger partial charge is 0.454 e. The lowest BCUT2D eigenvalue weighted by molar-refractivity contribution is 0.0994. The fourth-order valence-electron chi connectivity index (χ4n) is 3.05. The predicted octanol–water partition coefficient (Wildman–Crippen LogP) is 4.10. The van der Waals surface area contributed by atoms with Crippen molar-refractivity contribution in [3.05, 3.63) is 82.2 Å². The van der Waals surface area contributed by atoms with Gasteiger partial charge in [-0.25, -0.2) is 4.68 Å². The van der Waals surface area contributed by atoms with Crippen LogP contribution in [0.15, 0.2) is 53.1 Å². The Bertz CT molecular complexity index is 1260. The van der Waals surface area contributed by atoms with E-state index < -0.39 is 5.91 Å². The molecule has 4 rings (SSSR count). The molecule has 0 fully saturated rings. The molecule has 150 valence electrons. The van der Waals surface area contributed by atoms with E-state index in [4.69, 9.17) is 16.0 Å². The first-order chi connectivity index (χ1) is 14.5. The molecule has 0 radical (unpaired) electrons. The maximum absolute atomic E-state index is 12.8. The quantitative estimate of drug-likeness (QED) is 0.523. The van der Waals surface area contributed by atoms with Crippen LogP contribution >= 0.6 is 11.6 Å². The topological polar surface area (TPSA) is 102 Å². The van der Waals surface area contributed by atoms with E-state index in [1.807, 2.05) is 50.2 Å². The first-order valence-corrected chi connectivity index (χ1v) is 9.49. The Balaban J connectivity index is 1.56. The van der Waals surface area contributed by atoms with Crippen molar-refractivity contribution < 1.29 is 9.21 Å². The van der Waals surface area contributed by atoms with Crippen LogP contribution in [0, 0.1) is 25.2 Å². The number of benzene rings is 1. The van der Waals surface area contributed by atoms with E-state index in [0.717, 1.165) is 17.1 Å². The van der Waals surface area contributed by atoms with Gasteiger partial charge in [-0.3, -0.25) is 9.48 Å². The van der Waals surface area contributed by atoms with Gasteiger partial charge in [0.1, 0.15) is 17.4 Å². The number of carbonyl (C=O) groups excluding carboxylic acids is 1. The number of furan rings is 1. The van der Waals surface area contributed by atoms with Gasteiger partial charge in [0.2, 0.25) is 0 Å². The summed E-state index contributed by atoms with van der Waals surface area (Å²) in [6, 6.07) is 14.5. The maximum atomic E-state index is 12.8. The van der Waals surface area contributed by atoms with Crippen molar-refractivity contribution in [3.63, 3.8) is 0 Å². The van der Waals surface area contributed by atoms with Crippen LogP contribution in [-0.4, -0.2) is 25.5 Å². The Labute approximate surface area is 177 Å². The van der Waals surface area contributed by atoms with E-state index in [-0.39, 0.29) is 17.1 Å². The average Bonchev–Trinajstić information content (AvgIpc) is 3.44. The Morgan fingerprint density at radius 1 is 1.23 bits per heavy atom. The van der Waals surface area contributed by atoms with Gasteiger partial charge in [0.05, 0.1) is 34.8 Å². The molecule has 0 aliphatic heterocycles. The first-order valence-electron chi connectivity index (χ1n) is 9.11. The highest BCUT2D eigenvalue weighted by Crippen LogP contribution is 2.22. The lowest BCUT2D eigenvalue weighted by Crippen LogP contribution is -2.15. The fraction of sp³-hybridized carbons (Fsp3) is 0.143. The summed E-state index contributed by atoms with van der Waals surface area (Å²) in [7, 11) is 0. The number of amides is 1. The Kier molecular flexibility index (Phi) is 5.12. The van der Waals surface area contributed by atoms with Gasteiger partial charge in [0.15, 0.2) is 11.6 Å². The lowest BCUT2D eigenvalue weighted by Gasteiger charge is -2.08. The minimum atomic E-state index is -0.484. The number of aryl methyl sites for hydroxylation is 1. The molecular weight excluding hydrogens is 404 g/mol. The molecule has 0 atom stereocenters. The zero-order chi connectivity index (χ0) is 21.3. The van der Waals surface area contributed by atoms with E-state index >= 15 is 0 Å². The predicted molar refractivity (Wildman–Crippen MR) is 111 cm³/mol. The number of nitrogens with one attached hydrogen (secondary N) is 1. The molecule has 8 nitrogen and oxygen atoms in total. The summed E-state index contributed by atoms with van der Waals surface area (Å²) in [6.45, 7) is 4.04. The van der Waals surface area contributed by atoms with Crippen molar-refractivity contribution >= 4 is 23.3 Å². The first kappa shape index (κ1) is 19.5. The summed E-state index contributed by atoms with van der Waals surface area (Å²) in [5.74, 6) is 0.459. The second kappa shape index (κ2) is 7.89. The number of rotatable bonds is 5. The van der Waals surface area contributed by atoms with Gasteiger partial charge in [-0.1, -0.05) is 29.8 Å². The summed E-state index contributed by atoms with van der Waals surface area (Å²) < 4.78 is 8.91. The van der Waals surface area contributed by atoms with Crippen molar-refractivity contribution in [3.8, 4) is 11.8 Å². The Morgan fingerprint density at radius 2 is 2.00 bits per heavy atom. The molecule has 0 saturated heterocycles. The van der Waals surface area contributed by atoms with E-state index in [1.54, 1.807) is 16.8 Å². The monoisotopic (exact) mass is 420 g/mol. The lowest BCUT2D eigenvalue weighted by atomic mass is 10.3. The molecule has 9 heteroatoms. The van der Waals surface area contributed by atoms with Crippen LogP contribution in [0.5, 0.6) is 0 Å². The summed E-state index contributed by atoms with van der Waals surface area (Å²) in [5.41, 5.74) is 2.52. The minimum absolute atomic E-state index is 0.113. The molecule has 1 amide bonds. The number of nitrogens with zero attached hydrogens (tertiary/aromatic N) is 5. The second-order valence-electron chi connectivity index (χ2n) is 6.63. The van der Waals surface area contributed by atoms with Crippen LogP contribution in [0.1, 0.15) is 33.3 Å². The molecule has 0 unspecified atom stereocenters. The summed E-state index contributed by atoms with van der Waals surface area (Å²) in [4.78, 5) is 12.8. The third-order valence-electron chi connectivity index (χ3n) is 4.61. The molecule has 3 aromatic heterocycles. The van der Waals surface area contributed by atoms with E-state index in [9.17, 15) is 10.1 Å². The fourth-order valence-corrected chi connectivity index (χ4v) is 3.18. The molecule has 30 heavy (non-hydrogen) atoms. The third kappa shape index (κ3) is 3.58. The van der Waals surface area contributed by atoms with Crippen LogP contribution in [0.4, 0.5) is 5.82 Å².